The minimum absolute atomic E-state index is 0.0403. The van der Waals surface area contributed by atoms with Crippen LogP contribution < -0.4 is 10.6 Å². The molecule has 0 spiro atoms. The molecule has 1 atom stereocenters. The van der Waals surface area contributed by atoms with Crippen LogP contribution in [0.4, 0.5) is 5.82 Å². The Morgan fingerprint density at radius 3 is 2.71 bits per heavy atom. The zero-order valence-corrected chi connectivity index (χ0v) is 13.3. The predicted octanol–water partition coefficient (Wildman–Crippen LogP) is 0.923. The zero-order valence-electron chi connectivity index (χ0n) is 13.3. The molecule has 3 fully saturated rings. The standard InChI is InChI=1S/C17H20N4O3/c22-15-8-12(9-21(15)13-3-4-13)19-17(24)11-5-6-18-14(7-11)20-16(23)10-1-2-10/h5-7,10,12-13H,1-4,8-9H2,(H,19,24)(H,18,20,23). The summed E-state index contributed by atoms with van der Waals surface area (Å²) in [5, 5.41) is 5.65. The number of carbonyl (C=O) groups is 3. The van der Waals surface area contributed by atoms with Crippen molar-refractivity contribution in [2.24, 2.45) is 5.92 Å². The van der Waals surface area contributed by atoms with Crippen molar-refractivity contribution in [3.05, 3.63) is 23.9 Å². The van der Waals surface area contributed by atoms with E-state index < -0.39 is 0 Å². The summed E-state index contributed by atoms with van der Waals surface area (Å²) in [5.74, 6) is 0.315. The summed E-state index contributed by atoms with van der Waals surface area (Å²) >= 11 is 0. The molecular weight excluding hydrogens is 308 g/mol. The number of nitrogens with one attached hydrogen (secondary N) is 2. The van der Waals surface area contributed by atoms with Crippen LogP contribution in [0.2, 0.25) is 0 Å². The molecule has 0 bridgehead atoms. The van der Waals surface area contributed by atoms with Crippen LogP contribution in [0.15, 0.2) is 18.3 Å². The number of hydrogen-bond donors (Lipinski definition) is 2. The Morgan fingerprint density at radius 2 is 2.00 bits per heavy atom. The van der Waals surface area contributed by atoms with E-state index >= 15 is 0 Å². The van der Waals surface area contributed by atoms with E-state index in [4.69, 9.17) is 0 Å². The molecular formula is C17H20N4O3. The highest BCUT2D eigenvalue weighted by atomic mass is 16.2. The molecule has 2 saturated carbocycles. The third kappa shape index (κ3) is 3.25. The van der Waals surface area contributed by atoms with E-state index in [0.717, 1.165) is 25.7 Å². The van der Waals surface area contributed by atoms with Crippen molar-refractivity contribution in [3.8, 4) is 0 Å². The maximum absolute atomic E-state index is 12.4. The van der Waals surface area contributed by atoms with E-state index in [1.807, 2.05) is 4.90 Å². The van der Waals surface area contributed by atoms with Gasteiger partial charge < -0.3 is 15.5 Å². The maximum atomic E-state index is 12.4. The molecule has 2 N–H and O–H groups in total. The number of aromatic nitrogens is 1. The molecule has 4 rings (SSSR count). The van der Waals surface area contributed by atoms with Crippen molar-refractivity contribution < 1.29 is 14.4 Å². The predicted molar refractivity (Wildman–Crippen MR) is 86.2 cm³/mol. The first kappa shape index (κ1) is 15.1. The monoisotopic (exact) mass is 328 g/mol. The van der Waals surface area contributed by atoms with E-state index in [1.54, 1.807) is 12.1 Å². The first-order valence-corrected chi connectivity index (χ1v) is 8.47. The van der Waals surface area contributed by atoms with Gasteiger partial charge in [0.2, 0.25) is 11.8 Å². The van der Waals surface area contributed by atoms with Crippen molar-refractivity contribution in [2.45, 2.75) is 44.2 Å². The minimum Gasteiger partial charge on any atom is -0.347 e. The third-order valence-corrected chi connectivity index (χ3v) is 4.70. The Hall–Kier alpha value is -2.44. The smallest absolute Gasteiger partial charge is 0.251 e. The van der Waals surface area contributed by atoms with Gasteiger partial charge in [-0.2, -0.15) is 0 Å². The van der Waals surface area contributed by atoms with Crippen LogP contribution in [0.1, 0.15) is 42.5 Å². The Labute approximate surface area is 139 Å². The van der Waals surface area contributed by atoms with Crippen LogP contribution >= 0.6 is 0 Å². The van der Waals surface area contributed by atoms with Gasteiger partial charge in [0, 0.05) is 36.7 Å². The van der Waals surface area contributed by atoms with Crippen LogP contribution in [-0.2, 0) is 9.59 Å². The lowest BCUT2D eigenvalue weighted by atomic mass is 10.2. The topological polar surface area (TPSA) is 91.4 Å². The molecule has 2 heterocycles. The summed E-state index contributed by atoms with van der Waals surface area (Å²) in [7, 11) is 0. The molecule has 1 saturated heterocycles. The van der Waals surface area contributed by atoms with Crippen molar-refractivity contribution in [1.29, 1.82) is 0 Å². The lowest BCUT2D eigenvalue weighted by Gasteiger charge is -2.16. The van der Waals surface area contributed by atoms with Gasteiger partial charge in [-0.05, 0) is 37.8 Å². The van der Waals surface area contributed by atoms with Crippen molar-refractivity contribution >= 4 is 23.5 Å². The Balaban J connectivity index is 1.37. The van der Waals surface area contributed by atoms with Crippen LogP contribution in [0.5, 0.6) is 0 Å². The lowest BCUT2D eigenvalue weighted by molar-refractivity contribution is -0.128. The number of hydrogen-bond acceptors (Lipinski definition) is 4. The van der Waals surface area contributed by atoms with Gasteiger partial charge in [-0.3, -0.25) is 14.4 Å². The number of anilines is 1. The van der Waals surface area contributed by atoms with Gasteiger partial charge in [0.15, 0.2) is 0 Å². The summed E-state index contributed by atoms with van der Waals surface area (Å²) < 4.78 is 0. The average Bonchev–Trinajstić information content (AvgIpc) is 3.46. The van der Waals surface area contributed by atoms with E-state index in [0.29, 0.717) is 30.4 Å². The number of amides is 3. The summed E-state index contributed by atoms with van der Waals surface area (Å²) in [6.45, 7) is 0.589. The largest absolute Gasteiger partial charge is 0.347 e. The Bertz CT molecular complexity index is 697. The first-order chi connectivity index (χ1) is 11.6. The SMILES string of the molecule is O=C(NC1CC(=O)N(C2CC2)C1)c1ccnc(NC(=O)C2CC2)c1. The molecule has 1 unspecified atom stereocenters. The summed E-state index contributed by atoms with van der Waals surface area (Å²) in [6.07, 6.45) is 5.84. The average molecular weight is 328 g/mol. The molecule has 2 aliphatic carbocycles. The molecule has 3 aliphatic rings. The molecule has 7 nitrogen and oxygen atoms in total. The summed E-state index contributed by atoms with van der Waals surface area (Å²) in [6, 6.07) is 3.41. The molecule has 3 amide bonds. The number of carbonyl (C=O) groups excluding carboxylic acids is 3. The Kier molecular flexibility index (Phi) is 3.70. The van der Waals surface area contributed by atoms with Crippen molar-refractivity contribution in [2.75, 3.05) is 11.9 Å². The highest BCUT2D eigenvalue weighted by Gasteiger charge is 2.39. The van der Waals surface area contributed by atoms with Crippen LogP contribution in [0, 0.1) is 5.92 Å². The fraction of sp³-hybridized carbons (Fsp3) is 0.529. The zero-order chi connectivity index (χ0) is 16.7. The fourth-order valence-electron chi connectivity index (χ4n) is 3.05. The second-order valence-electron chi connectivity index (χ2n) is 6.85. The van der Waals surface area contributed by atoms with Crippen LogP contribution in [0.3, 0.4) is 0 Å². The van der Waals surface area contributed by atoms with Gasteiger partial charge in [0.1, 0.15) is 5.82 Å². The van der Waals surface area contributed by atoms with E-state index in [2.05, 4.69) is 15.6 Å². The molecule has 1 aromatic heterocycles. The van der Waals surface area contributed by atoms with E-state index in [9.17, 15) is 14.4 Å². The van der Waals surface area contributed by atoms with Gasteiger partial charge in [0.05, 0.1) is 6.04 Å². The normalized spacial score (nSPS) is 23.2. The van der Waals surface area contributed by atoms with Crippen molar-refractivity contribution in [3.63, 3.8) is 0 Å². The highest BCUT2D eigenvalue weighted by Crippen LogP contribution is 2.31. The molecule has 1 aliphatic heterocycles. The molecule has 0 radical (unpaired) electrons. The van der Waals surface area contributed by atoms with Gasteiger partial charge in [-0.25, -0.2) is 4.98 Å². The fourth-order valence-corrected chi connectivity index (χ4v) is 3.05. The summed E-state index contributed by atoms with van der Waals surface area (Å²) in [4.78, 5) is 42.1. The molecule has 24 heavy (non-hydrogen) atoms. The number of likely N-dealkylation sites (tertiary alicyclic amines) is 1. The van der Waals surface area contributed by atoms with Gasteiger partial charge in [-0.1, -0.05) is 0 Å². The number of rotatable bonds is 5. The third-order valence-electron chi connectivity index (χ3n) is 4.70. The van der Waals surface area contributed by atoms with Crippen LogP contribution in [0.25, 0.3) is 0 Å². The summed E-state index contributed by atoms with van der Waals surface area (Å²) in [5.41, 5.74) is 0.438. The molecule has 0 aromatic carbocycles. The van der Waals surface area contributed by atoms with Gasteiger partial charge in [0.25, 0.3) is 5.91 Å². The lowest BCUT2D eigenvalue weighted by Crippen LogP contribution is -2.37. The van der Waals surface area contributed by atoms with E-state index in [1.165, 1.54) is 6.20 Å². The van der Waals surface area contributed by atoms with Gasteiger partial charge >= 0.3 is 0 Å². The quantitative estimate of drug-likeness (QED) is 0.841. The number of nitrogens with zero attached hydrogens (tertiary/aromatic N) is 2. The highest BCUT2D eigenvalue weighted by molar-refractivity contribution is 5.98. The number of pyridine rings is 1. The molecule has 1 aromatic rings. The molecule has 7 heteroatoms. The molecule has 126 valence electrons. The van der Waals surface area contributed by atoms with E-state index in [-0.39, 0.29) is 29.7 Å². The minimum atomic E-state index is -0.241. The maximum Gasteiger partial charge on any atom is 0.251 e. The van der Waals surface area contributed by atoms with Crippen LogP contribution in [-0.4, -0.2) is 46.2 Å². The Morgan fingerprint density at radius 1 is 1.21 bits per heavy atom. The first-order valence-electron chi connectivity index (χ1n) is 8.47. The second kappa shape index (κ2) is 5.89. The second-order valence-corrected chi connectivity index (χ2v) is 6.85. The van der Waals surface area contributed by atoms with Crippen molar-refractivity contribution in [1.82, 2.24) is 15.2 Å². The van der Waals surface area contributed by atoms with Gasteiger partial charge in [-0.15, -0.1) is 0 Å².